The number of hydrogen-bond donors (Lipinski definition) is 0. The van der Waals surface area contributed by atoms with Gasteiger partial charge in [-0.2, -0.15) is 4.98 Å². The van der Waals surface area contributed by atoms with E-state index in [1.807, 2.05) is 12.1 Å². The number of aromatic nitrogens is 4. The maximum absolute atomic E-state index is 5.62. The maximum Gasteiger partial charge on any atom is 0.229 e. The molecule has 0 aliphatic rings. The summed E-state index contributed by atoms with van der Waals surface area (Å²) in [6, 6.07) is 3.85. The molecule has 0 spiro atoms. The quantitative estimate of drug-likeness (QED) is 0.456. The van der Waals surface area contributed by atoms with Gasteiger partial charge in [0.1, 0.15) is 5.52 Å². The average molecular weight is 222 g/mol. The summed E-state index contributed by atoms with van der Waals surface area (Å²) in [7, 11) is 0. The highest BCUT2D eigenvalue weighted by atomic mass is 16.3. The summed E-state index contributed by atoms with van der Waals surface area (Å²) in [4.78, 5) is 16.8. The van der Waals surface area contributed by atoms with Crippen LogP contribution in [0.15, 0.2) is 41.3 Å². The Kier molecular flexibility index (Phi) is 1.50. The molecule has 5 heteroatoms. The van der Waals surface area contributed by atoms with Gasteiger partial charge in [-0.3, -0.25) is 9.97 Å². The Morgan fingerprint density at radius 1 is 1.00 bits per heavy atom. The molecule has 0 unspecified atom stereocenters. The van der Waals surface area contributed by atoms with Crippen molar-refractivity contribution in [1.82, 2.24) is 19.9 Å². The third-order valence-electron chi connectivity index (χ3n) is 2.71. The average Bonchev–Trinajstić information content (AvgIpc) is 2.73. The van der Waals surface area contributed by atoms with Crippen LogP contribution in [0.1, 0.15) is 0 Å². The molecule has 0 radical (unpaired) electrons. The van der Waals surface area contributed by atoms with Crippen molar-refractivity contribution in [3.8, 4) is 0 Å². The van der Waals surface area contributed by atoms with Gasteiger partial charge in [-0.05, 0) is 12.1 Å². The van der Waals surface area contributed by atoms with Crippen molar-refractivity contribution in [2.45, 2.75) is 0 Å². The zero-order valence-electron chi connectivity index (χ0n) is 8.66. The Morgan fingerprint density at radius 2 is 1.94 bits per heavy atom. The molecule has 0 bridgehead atoms. The first-order valence-corrected chi connectivity index (χ1v) is 5.16. The van der Waals surface area contributed by atoms with Crippen molar-refractivity contribution in [1.29, 1.82) is 0 Å². The fourth-order valence-electron chi connectivity index (χ4n) is 1.94. The minimum atomic E-state index is 0.570. The van der Waals surface area contributed by atoms with E-state index in [0.717, 1.165) is 21.9 Å². The summed E-state index contributed by atoms with van der Waals surface area (Å²) in [5.41, 5.74) is 2.65. The van der Waals surface area contributed by atoms with E-state index in [1.165, 1.54) is 0 Å². The van der Waals surface area contributed by atoms with Gasteiger partial charge in [-0.1, -0.05) is 0 Å². The molecule has 0 aliphatic carbocycles. The molecule has 4 aromatic heterocycles. The van der Waals surface area contributed by atoms with Crippen molar-refractivity contribution < 1.29 is 4.42 Å². The molecule has 4 rings (SSSR count). The Morgan fingerprint density at radius 3 is 2.94 bits per heavy atom. The lowest BCUT2D eigenvalue weighted by atomic mass is 10.2. The van der Waals surface area contributed by atoms with Crippen molar-refractivity contribution in [3.05, 3.63) is 36.9 Å². The van der Waals surface area contributed by atoms with E-state index in [0.29, 0.717) is 11.4 Å². The number of furan rings is 1. The summed E-state index contributed by atoms with van der Waals surface area (Å²) in [6.07, 6.45) is 6.69. The number of hydrogen-bond acceptors (Lipinski definition) is 5. The maximum atomic E-state index is 5.62. The van der Waals surface area contributed by atoms with E-state index in [-0.39, 0.29) is 0 Å². The largest absolute Gasteiger partial charge is 0.436 e. The lowest BCUT2D eigenvalue weighted by Crippen LogP contribution is -1.85. The predicted octanol–water partition coefficient (Wildman–Crippen LogP) is 2.32. The Hall–Kier alpha value is -2.56. The van der Waals surface area contributed by atoms with Gasteiger partial charge in [0, 0.05) is 24.0 Å². The monoisotopic (exact) mass is 222 g/mol. The van der Waals surface area contributed by atoms with E-state index in [2.05, 4.69) is 19.9 Å². The summed E-state index contributed by atoms with van der Waals surface area (Å²) in [5.74, 6) is 0. The van der Waals surface area contributed by atoms with Crippen LogP contribution in [0.4, 0.5) is 0 Å². The van der Waals surface area contributed by atoms with Gasteiger partial charge in [-0.15, -0.1) is 0 Å². The van der Waals surface area contributed by atoms with Crippen molar-refractivity contribution in [3.63, 3.8) is 0 Å². The molecule has 0 aliphatic heterocycles. The first-order valence-electron chi connectivity index (χ1n) is 5.16. The molecule has 4 aromatic rings. The topological polar surface area (TPSA) is 64.7 Å². The Balaban J connectivity index is 2.28. The third kappa shape index (κ3) is 1.13. The molecule has 17 heavy (non-hydrogen) atoms. The molecule has 0 N–H and O–H groups in total. The van der Waals surface area contributed by atoms with E-state index in [1.54, 1.807) is 24.8 Å². The Labute approximate surface area is 95.1 Å². The molecule has 4 heterocycles. The highest BCUT2D eigenvalue weighted by molar-refractivity contribution is 6.06. The van der Waals surface area contributed by atoms with Crippen LogP contribution >= 0.6 is 0 Å². The van der Waals surface area contributed by atoms with Gasteiger partial charge < -0.3 is 4.42 Å². The fourth-order valence-corrected chi connectivity index (χ4v) is 1.94. The molecule has 0 fully saturated rings. The van der Waals surface area contributed by atoms with Gasteiger partial charge in [0.15, 0.2) is 11.2 Å². The van der Waals surface area contributed by atoms with E-state index < -0.39 is 0 Å². The molecular weight excluding hydrogens is 216 g/mol. The molecule has 0 saturated heterocycles. The minimum Gasteiger partial charge on any atom is -0.436 e. The van der Waals surface area contributed by atoms with Gasteiger partial charge in [0.25, 0.3) is 0 Å². The standard InChI is InChI=1S/C12H6N4O/c1-2-13-6-10-7(1)8-5-9-11(15-4-3-14-9)16-12(8)17-10/h1-6H. The van der Waals surface area contributed by atoms with Crippen LogP contribution in [0.5, 0.6) is 0 Å². The highest BCUT2D eigenvalue weighted by Crippen LogP contribution is 2.27. The van der Waals surface area contributed by atoms with Crippen LogP contribution < -0.4 is 0 Å². The van der Waals surface area contributed by atoms with Gasteiger partial charge in [-0.25, -0.2) is 4.98 Å². The number of pyridine rings is 2. The van der Waals surface area contributed by atoms with Gasteiger partial charge >= 0.3 is 0 Å². The number of nitrogens with zero attached hydrogens (tertiary/aromatic N) is 4. The van der Waals surface area contributed by atoms with Crippen molar-refractivity contribution >= 4 is 33.2 Å². The van der Waals surface area contributed by atoms with Gasteiger partial charge in [0.2, 0.25) is 5.71 Å². The van der Waals surface area contributed by atoms with Crippen LogP contribution in [0.2, 0.25) is 0 Å². The second-order valence-electron chi connectivity index (χ2n) is 3.71. The normalized spacial score (nSPS) is 11.5. The second-order valence-corrected chi connectivity index (χ2v) is 3.71. The molecule has 5 nitrogen and oxygen atoms in total. The van der Waals surface area contributed by atoms with Crippen LogP contribution in [-0.2, 0) is 0 Å². The van der Waals surface area contributed by atoms with E-state index in [9.17, 15) is 0 Å². The molecule has 80 valence electrons. The highest BCUT2D eigenvalue weighted by Gasteiger charge is 2.09. The van der Waals surface area contributed by atoms with Crippen molar-refractivity contribution in [2.75, 3.05) is 0 Å². The Bertz CT molecular complexity index is 847. The first-order chi connectivity index (χ1) is 8.42. The summed E-state index contributed by atoms with van der Waals surface area (Å²) >= 11 is 0. The zero-order chi connectivity index (χ0) is 11.2. The van der Waals surface area contributed by atoms with Crippen molar-refractivity contribution in [2.24, 2.45) is 0 Å². The zero-order valence-corrected chi connectivity index (χ0v) is 8.66. The molecule has 0 amide bonds. The SMILES string of the molecule is c1cc2c(cn1)oc1nc3nccnc3cc12. The fraction of sp³-hybridized carbons (Fsp3) is 0. The minimum absolute atomic E-state index is 0.570. The summed E-state index contributed by atoms with van der Waals surface area (Å²) in [6.45, 7) is 0. The number of fused-ring (bicyclic) bond motifs is 4. The molecule has 0 aromatic carbocycles. The summed E-state index contributed by atoms with van der Waals surface area (Å²) < 4.78 is 5.62. The van der Waals surface area contributed by atoms with Crippen LogP contribution in [0, 0.1) is 0 Å². The first kappa shape index (κ1) is 8.58. The molecular formula is C12H6N4O. The van der Waals surface area contributed by atoms with Crippen LogP contribution in [-0.4, -0.2) is 19.9 Å². The third-order valence-corrected chi connectivity index (χ3v) is 2.71. The molecule has 0 atom stereocenters. The lowest BCUT2D eigenvalue weighted by Gasteiger charge is -1.93. The van der Waals surface area contributed by atoms with E-state index in [4.69, 9.17) is 4.42 Å². The van der Waals surface area contributed by atoms with E-state index >= 15 is 0 Å². The lowest BCUT2D eigenvalue weighted by molar-refractivity contribution is 0.653. The van der Waals surface area contributed by atoms with Gasteiger partial charge in [0.05, 0.1) is 11.6 Å². The number of rotatable bonds is 0. The predicted molar refractivity (Wildman–Crippen MR) is 62.4 cm³/mol. The summed E-state index contributed by atoms with van der Waals surface area (Å²) in [5, 5.41) is 1.94. The van der Waals surface area contributed by atoms with Crippen LogP contribution in [0.3, 0.4) is 0 Å². The van der Waals surface area contributed by atoms with Crippen LogP contribution in [0.25, 0.3) is 33.2 Å². The smallest absolute Gasteiger partial charge is 0.229 e. The molecule has 0 saturated carbocycles. The second kappa shape index (κ2) is 2.98.